The molecule has 1 aromatic rings. The van der Waals surface area contributed by atoms with Crippen molar-refractivity contribution in [1.82, 2.24) is 9.62 Å². The zero-order valence-corrected chi connectivity index (χ0v) is 12.6. The molecule has 21 heavy (non-hydrogen) atoms. The Morgan fingerprint density at radius 3 is 2.24 bits per heavy atom. The van der Waals surface area contributed by atoms with Gasteiger partial charge in [0.05, 0.1) is 11.4 Å². The maximum absolute atomic E-state index is 12.1. The van der Waals surface area contributed by atoms with Crippen molar-refractivity contribution < 1.29 is 18.0 Å². The number of amides is 1. The fourth-order valence-corrected chi connectivity index (χ4v) is 3.16. The summed E-state index contributed by atoms with van der Waals surface area (Å²) in [7, 11) is -3.74. The molecule has 2 rings (SSSR count). The molecule has 1 amide bonds. The van der Waals surface area contributed by atoms with Crippen LogP contribution in [0, 0.1) is 0 Å². The van der Waals surface area contributed by atoms with Crippen LogP contribution in [0.1, 0.15) is 30.1 Å². The molecule has 1 N–H and O–H groups in total. The van der Waals surface area contributed by atoms with Crippen LogP contribution in [-0.2, 0) is 14.8 Å². The van der Waals surface area contributed by atoms with Gasteiger partial charge in [0.15, 0.2) is 5.78 Å². The van der Waals surface area contributed by atoms with Gasteiger partial charge in [-0.1, -0.05) is 12.1 Å². The van der Waals surface area contributed by atoms with Gasteiger partial charge in [0.1, 0.15) is 0 Å². The van der Waals surface area contributed by atoms with Crippen LogP contribution in [0.4, 0.5) is 0 Å². The van der Waals surface area contributed by atoms with Gasteiger partial charge in [0.2, 0.25) is 15.9 Å². The number of nitrogens with one attached hydrogen (secondary N) is 1. The molecule has 1 aliphatic rings. The minimum Gasteiger partial charge on any atom is -0.342 e. The number of ketones is 1. The standard InChI is InChI=1S/C14H18N2O4S/c1-11(17)12-4-6-13(7-5-12)21(19,20)15-10-14(18)16-8-2-3-9-16/h4-7,15H,2-3,8-10H2,1H3. The van der Waals surface area contributed by atoms with Crippen molar-refractivity contribution >= 4 is 21.7 Å². The van der Waals surface area contributed by atoms with Crippen LogP contribution in [0.5, 0.6) is 0 Å². The first kappa shape index (κ1) is 15.7. The van der Waals surface area contributed by atoms with Crippen LogP contribution >= 0.6 is 0 Å². The van der Waals surface area contributed by atoms with Crippen LogP contribution in [0.15, 0.2) is 29.2 Å². The number of nitrogens with zero attached hydrogens (tertiary/aromatic N) is 1. The molecule has 1 heterocycles. The van der Waals surface area contributed by atoms with Gasteiger partial charge in [-0.05, 0) is 31.9 Å². The lowest BCUT2D eigenvalue weighted by atomic mass is 10.2. The largest absolute Gasteiger partial charge is 0.342 e. The second kappa shape index (κ2) is 6.36. The fourth-order valence-electron chi connectivity index (χ4n) is 2.19. The average Bonchev–Trinajstić information content (AvgIpc) is 2.99. The van der Waals surface area contributed by atoms with Crippen molar-refractivity contribution in [2.75, 3.05) is 19.6 Å². The van der Waals surface area contributed by atoms with Crippen LogP contribution < -0.4 is 4.72 Å². The first-order valence-electron chi connectivity index (χ1n) is 6.78. The highest BCUT2D eigenvalue weighted by Crippen LogP contribution is 2.11. The van der Waals surface area contributed by atoms with Crippen LogP contribution in [0.25, 0.3) is 0 Å². The number of sulfonamides is 1. The maximum atomic E-state index is 12.1. The molecule has 0 saturated carbocycles. The third-order valence-electron chi connectivity index (χ3n) is 3.44. The molecule has 0 atom stereocenters. The molecule has 7 heteroatoms. The molecule has 114 valence electrons. The summed E-state index contributed by atoms with van der Waals surface area (Å²) < 4.78 is 26.4. The molecule has 1 aromatic carbocycles. The zero-order chi connectivity index (χ0) is 15.5. The number of carbonyl (C=O) groups is 2. The van der Waals surface area contributed by atoms with Crippen molar-refractivity contribution in [2.45, 2.75) is 24.7 Å². The molecule has 1 saturated heterocycles. The molecule has 0 radical (unpaired) electrons. The summed E-state index contributed by atoms with van der Waals surface area (Å²) in [4.78, 5) is 24.7. The molecule has 1 aliphatic heterocycles. The first-order valence-corrected chi connectivity index (χ1v) is 8.27. The van der Waals surface area contributed by atoms with E-state index in [1.807, 2.05) is 0 Å². The first-order chi connectivity index (χ1) is 9.90. The lowest BCUT2D eigenvalue weighted by molar-refractivity contribution is -0.128. The molecule has 0 unspecified atom stereocenters. The Labute approximate surface area is 124 Å². The van der Waals surface area contributed by atoms with Crippen LogP contribution in [-0.4, -0.2) is 44.6 Å². The van der Waals surface area contributed by atoms with Gasteiger partial charge in [-0.2, -0.15) is 0 Å². The Balaban J connectivity index is 2.00. The van der Waals surface area contributed by atoms with E-state index in [-0.39, 0.29) is 23.1 Å². The quantitative estimate of drug-likeness (QED) is 0.815. The van der Waals surface area contributed by atoms with Crippen molar-refractivity contribution in [3.8, 4) is 0 Å². The highest BCUT2D eigenvalue weighted by molar-refractivity contribution is 7.89. The fraction of sp³-hybridized carbons (Fsp3) is 0.429. The molecule has 6 nitrogen and oxygen atoms in total. The number of rotatable bonds is 5. The number of benzene rings is 1. The number of likely N-dealkylation sites (tertiary alicyclic amines) is 1. The zero-order valence-electron chi connectivity index (χ0n) is 11.8. The summed E-state index contributed by atoms with van der Waals surface area (Å²) in [6, 6.07) is 5.64. The number of Topliss-reactive ketones (excluding diaryl/α,β-unsaturated/α-hetero) is 1. The van der Waals surface area contributed by atoms with Gasteiger partial charge in [-0.3, -0.25) is 9.59 Å². The van der Waals surface area contributed by atoms with E-state index in [0.29, 0.717) is 18.7 Å². The van der Waals surface area contributed by atoms with Crippen LogP contribution in [0.3, 0.4) is 0 Å². The number of carbonyl (C=O) groups excluding carboxylic acids is 2. The predicted octanol–water partition coefficient (Wildman–Crippen LogP) is 0.790. The van der Waals surface area contributed by atoms with Crippen LogP contribution in [0.2, 0.25) is 0 Å². The molecule has 0 aliphatic carbocycles. The van der Waals surface area contributed by atoms with Gasteiger partial charge in [-0.15, -0.1) is 0 Å². The van der Waals surface area contributed by atoms with E-state index >= 15 is 0 Å². The van der Waals surface area contributed by atoms with E-state index in [2.05, 4.69) is 4.72 Å². The highest BCUT2D eigenvalue weighted by Gasteiger charge is 2.21. The van der Waals surface area contributed by atoms with Crippen molar-refractivity contribution in [3.63, 3.8) is 0 Å². The molecule has 0 spiro atoms. The smallest absolute Gasteiger partial charge is 0.241 e. The van der Waals surface area contributed by atoms with Gasteiger partial charge in [0.25, 0.3) is 0 Å². The Morgan fingerprint density at radius 1 is 1.14 bits per heavy atom. The monoisotopic (exact) mass is 310 g/mol. The van der Waals surface area contributed by atoms with Gasteiger partial charge in [-0.25, -0.2) is 13.1 Å². The second-order valence-corrected chi connectivity index (χ2v) is 6.76. The van der Waals surface area contributed by atoms with Gasteiger partial charge >= 0.3 is 0 Å². The third kappa shape index (κ3) is 3.89. The summed E-state index contributed by atoms with van der Waals surface area (Å²) >= 11 is 0. The Hall–Kier alpha value is -1.73. The van der Waals surface area contributed by atoms with E-state index in [1.165, 1.54) is 31.2 Å². The van der Waals surface area contributed by atoms with E-state index in [4.69, 9.17) is 0 Å². The maximum Gasteiger partial charge on any atom is 0.241 e. The van der Waals surface area contributed by atoms with E-state index < -0.39 is 10.0 Å². The molecule has 0 bridgehead atoms. The molecular formula is C14H18N2O4S. The van der Waals surface area contributed by atoms with Crippen molar-refractivity contribution in [1.29, 1.82) is 0 Å². The predicted molar refractivity (Wildman–Crippen MR) is 77.4 cm³/mol. The van der Waals surface area contributed by atoms with Gasteiger partial charge in [0, 0.05) is 18.7 Å². The summed E-state index contributed by atoms with van der Waals surface area (Å²) in [6.45, 7) is 2.55. The minimum atomic E-state index is -3.74. The van der Waals surface area contributed by atoms with Crippen molar-refractivity contribution in [3.05, 3.63) is 29.8 Å². The Kier molecular flexibility index (Phi) is 4.74. The third-order valence-corrected chi connectivity index (χ3v) is 4.86. The average molecular weight is 310 g/mol. The summed E-state index contributed by atoms with van der Waals surface area (Å²) in [5.74, 6) is -0.340. The molecule has 0 aromatic heterocycles. The Bertz CT molecular complexity index is 631. The number of hydrogen-bond acceptors (Lipinski definition) is 4. The lowest BCUT2D eigenvalue weighted by Crippen LogP contribution is -2.38. The summed E-state index contributed by atoms with van der Waals surface area (Å²) in [6.07, 6.45) is 1.93. The van der Waals surface area contributed by atoms with E-state index in [1.54, 1.807) is 4.90 Å². The van der Waals surface area contributed by atoms with E-state index in [0.717, 1.165) is 12.8 Å². The Morgan fingerprint density at radius 2 is 1.71 bits per heavy atom. The van der Waals surface area contributed by atoms with Crippen molar-refractivity contribution in [2.24, 2.45) is 0 Å². The topological polar surface area (TPSA) is 83.5 Å². The lowest BCUT2D eigenvalue weighted by Gasteiger charge is -2.15. The SMILES string of the molecule is CC(=O)c1ccc(S(=O)(=O)NCC(=O)N2CCCC2)cc1. The van der Waals surface area contributed by atoms with E-state index in [9.17, 15) is 18.0 Å². The normalized spacial score (nSPS) is 15.2. The molecule has 1 fully saturated rings. The second-order valence-electron chi connectivity index (χ2n) is 4.99. The number of hydrogen-bond donors (Lipinski definition) is 1. The summed E-state index contributed by atoms with van der Waals surface area (Å²) in [5.41, 5.74) is 0.446. The molecular weight excluding hydrogens is 292 g/mol. The minimum absolute atomic E-state index is 0.0433. The summed E-state index contributed by atoms with van der Waals surface area (Å²) in [5, 5.41) is 0. The highest BCUT2D eigenvalue weighted by atomic mass is 32.2. The van der Waals surface area contributed by atoms with Gasteiger partial charge < -0.3 is 4.90 Å².